The lowest BCUT2D eigenvalue weighted by Gasteiger charge is -2.34. The predicted molar refractivity (Wildman–Crippen MR) is 75.0 cm³/mol. The molecule has 1 saturated carbocycles. The van der Waals surface area contributed by atoms with Gasteiger partial charge in [0.2, 0.25) is 0 Å². The van der Waals surface area contributed by atoms with Crippen molar-refractivity contribution in [2.75, 3.05) is 6.16 Å². The molecule has 0 aliphatic heterocycles. The molecule has 1 rings (SSSR count). The van der Waals surface area contributed by atoms with Crippen LogP contribution in [0.5, 0.6) is 0 Å². The van der Waals surface area contributed by atoms with Crippen molar-refractivity contribution in [2.24, 2.45) is 11.7 Å². The first-order valence-corrected chi connectivity index (χ1v) is 9.94. The average molecular weight is 328 g/mol. The molecule has 0 aromatic rings. The average Bonchev–Trinajstić information content (AvgIpc) is 2.26. The van der Waals surface area contributed by atoms with Gasteiger partial charge in [-0.25, -0.2) is 0 Å². The van der Waals surface area contributed by atoms with Crippen LogP contribution in [0.25, 0.3) is 0 Å². The Kier molecular flexibility index (Phi) is 6.11. The zero-order valence-electron chi connectivity index (χ0n) is 11.1. The highest BCUT2D eigenvalue weighted by Gasteiger charge is 2.40. The lowest BCUT2D eigenvalue weighted by molar-refractivity contribution is 0.327. The number of nitrogens with one attached hydrogen (secondary N) is 1. The van der Waals surface area contributed by atoms with Crippen LogP contribution < -0.4 is 5.73 Å². The Morgan fingerprint density at radius 3 is 2.35 bits per heavy atom. The lowest BCUT2D eigenvalue weighted by Crippen LogP contribution is -2.43. The van der Waals surface area contributed by atoms with Gasteiger partial charge in [0.1, 0.15) is 0 Å². The first-order valence-electron chi connectivity index (χ1n) is 6.46. The fraction of sp³-hybridized carbons (Fsp3) is 0.900. The number of hydrogen-bond acceptors (Lipinski definition) is 4. The van der Waals surface area contributed by atoms with Crippen molar-refractivity contribution in [1.82, 2.24) is 0 Å². The molecule has 0 heterocycles. The molecule has 1 aliphatic rings. The van der Waals surface area contributed by atoms with Crippen LogP contribution in [0.2, 0.25) is 0 Å². The Balaban J connectivity index is 2.77. The minimum Gasteiger partial charge on any atom is -0.324 e. The minimum absolute atomic E-state index is 0.0130. The van der Waals surface area contributed by atoms with Gasteiger partial charge in [-0.15, -0.1) is 0 Å². The van der Waals surface area contributed by atoms with E-state index in [2.05, 4.69) is 0 Å². The normalized spacial score (nSPS) is 26.6. The van der Waals surface area contributed by atoms with Crippen LogP contribution >= 0.6 is 15.2 Å². The van der Waals surface area contributed by atoms with Crippen molar-refractivity contribution in [3.05, 3.63) is 0 Å². The van der Waals surface area contributed by atoms with Gasteiger partial charge in [-0.05, 0) is 25.7 Å². The Morgan fingerprint density at radius 2 is 1.85 bits per heavy atom. The summed E-state index contributed by atoms with van der Waals surface area (Å²) in [6, 6.07) is -0.482. The van der Waals surface area contributed by atoms with E-state index in [9.17, 15) is 18.9 Å². The van der Waals surface area contributed by atoms with E-state index in [0.29, 0.717) is 19.3 Å². The maximum Gasteiger partial charge on any atom is 0.329 e. The molecule has 3 atom stereocenters. The fourth-order valence-electron chi connectivity index (χ4n) is 2.65. The minimum atomic E-state index is -4.44. The highest BCUT2D eigenvalue weighted by atomic mass is 31.2. The summed E-state index contributed by atoms with van der Waals surface area (Å²) in [5, 5.41) is 7.90. The molecule has 7 N–H and O–H groups in total. The molecule has 118 valence electrons. The van der Waals surface area contributed by atoms with Gasteiger partial charge < -0.3 is 30.7 Å². The van der Waals surface area contributed by atoms with E-state index in [0.717, 1.165) is 0 Å². The van der Waals surface area contributed by atoms with Gasteiger partial charge in [0.15, 0.2) is 0 Å². The van der Waals surface area contributed by atoms with Crippen LogP contribution in [-0.4, -0.2) is 43.1 Å². The zero-order chi connectivity index (χ0) is 15.6. The maximum absolute atomic E-state index is 11.6. The van der Waals surface area contributed by atoms with E-state index >= 15 is 0 Å². The molecule has 0 radical (unpaired) electrons. The van der Waals surface area contributed by atoms with Crippen molar-refractivity contribution in [1.29, 1.82) is 5.41 Å². The fourth-order valence-corrected chi connectivity index (χ4v) is 4.55. The summed E-state index contributed by atoms with van der Waals surface area (Å²) in [5.74, 6) is -0.601. The third kappa shape index (κ3) is 5.37. The van der Waals surface area contributed by atoms with Crippen molar-refractivity contribution >= 4 is 20.9 Å². The first-order chi connectivity index (χ1) is 9.02. The number of hydrogen-bond donors (Lipinski definition) is 6. The Labute approximate surface area is 117 Å². The molecule has 0 aromatic heterocycles. The summed E-state index contributed by atoms with van der Waals surface area (Å²) >= 11 is 0. The second-order valence-corrected chi connectivity index (χ2v) is 8.90. The van der Waals surface area contributed by atoms with Gasteiger partial charge in [-0.1, -0.05) is 6.42 Å². The first kappa shape index (κ1) is 18.0. The van der Waals surface area contributed by atoms with Crippen molar-refractivity contribution in [2.45, 2.75) is 43.8 Å². The van der Waals surface area contributed by atoms with Crippen LogP contribution in [0, 0.1) is 11.3 Å². The SMILES string of the molecule is N=C1C(N)CCCC1C(CCCP(=O)(O)O)P(=O)(O)O. The van der Waals surface area contributed by atoms with E-state index in [-0.39, 0.29) is 18.6 Å². The quantitative estimate of drug-likeness (QED) is 0.389. The Hall–Kier alpha value is -0.0700. The molecule has 20 heavy (non-hydrogen) atoms. The van der Waals surface area contributed by atoms with E-state index in [1.54, 1.807) is 0 Å². The smallest absolute Gasteiger partial charge is 0.324 e. The molecule has 3 unspecified atom stereocenters. The summed E-state index contributed by atoms with van der Waals surface area (Å²) in [4.78, 5) is 36.5. The van der Waals surface area contributed by atoms with E-state index in [1.165, 1.54) is 0 Å². The molecule has 0 amide bonds. The topological polar surface area (TPSA) is 165 Å². The van der Waals surface area contributed by atoms with Gasteiger partial charge in [-0.2, -0.15) is 0 Å². The summed E-state index contributed by atoms with van der Waals surface area (Å²) in [6.45, 7) is 0. The third-order valence-corrected chi connectivity index (χ3v) is 6.06. The van der Waals surface area contributed by atoms with Crippen LogP contribution in [0.4, 0.5) is 0 Å². The number of rotatable bonds is 6. The lowest BCUT2D eigenvalue weighted by atomic mass is 9.81. The van der Waals surface area contributed by atoms with E-state index < -0.39 is 39.0 Å². The van der Waals surface area contributed by atoms with Gasteiger partial charge in [-0.3, -0.25) is 9.13 Å². The van der Waals surface area contributed by atoms with E-state index in [4.69, 9.17) is 20.9 Å². The second kappa shape index (κ2) is 6.79. The molecule has 1 fully saturated rings. The standard InChI is InChI=1S/C10H22N2O6P2/c11-8-4-1-3-7(10(8)12)9(20(16,17)18)5-2-6-19(13,14)15/h7-9,12H,1-6,11H2,(H2,13,14,15)(H2,16,17,18). The zero-order valence-corrected chi connectivity index (χ0v) is 12.8. The third-order valence-electron chi connectivity index (χ3n) is 3.67. The molecule has 0 spiro atoms. The molecule has 0 saturated heterocycles. The number of nitrogens with two attached hydrogens (primary N) is 1. The van der Waals surface area contributed by atoms with Gasteiger partial charge >= 0.3 is 15.2 Å². The summed E-state index contributed by atoms with van der Waals surface area (Å²) in [5.41, 5.74) is 4.81. The van der Waals surface area contributed by atoms with Crippen molar-refractivity contribution < 1.29 is 28.7 Å². The summed E-state index contributed by atoms with van der Waals surface area (Å²) in [7, 11) is -8.61. The molecular formula is C10H22N2O6P2. The molecule has 10 heteroatoms. The predicted octanol–water partition coefficient (Wildman–Crippen LogP) is 0.638. The van der Waals surface area contributed by atoms with Gasteiger partial charge in [0.25, 0.3) is 0 Å². The van der Waals surface area contributed by atoms with Crippen LogP contribution in [0.15, 0.2) is 0 Å². The molecule has 8 nitrogen and oxygen atoms in total. The monoisotopic (exact) mass is 328 g/mol. The molecule has 0 aromatic carbocycles. The maximum atomic E-state index is 11.6. The molecule has 0 bridgehead atoms. The highest BCUT2D eigenvalue weighted by Crippen LogP contribution is 2.50. The van der Waals surface area contributed by atoms with Crippen molar-refractivity contribution in [3.8, 4) is 0 Å². The molecule has 1 aliphatic carbocycles. The second-order valence-electron chi connectivity index (χ2n) is 5.29. The van der Waals surface area contributed by atoms with Crippen LogP contribution in [-0.2, 0) is 9.13 Å². The Bertz CT molecular complexity index is 445. The van der Waals surface area contributed by atoms with Crippen molar-refractivity contribution in [3.63, 3.8) is 0 Å². The summed E-state index contributed by atoms with van der Waals surface area (Å²) < 4.78 is 22.4. The van der Waals surface area contributed by atoms with Gasteiger partial charge in [0, 0.05) is 23.8 Å². The van der Waals surface area contributed by atoms with Crippen LogP contribution in [0.1, 0.15) is 32.1 Å². The van der Waals surface area contributed by atoms with Crippen LogP contribution in [0.3, 0.4) is 0 Å². The Morgan fingerprint density at radius 1 is 1.25 bits per heavy atom. The largest absolute Gasteiger partial charge is 0.329 e. The molecular weight excluding hydrogens is 306 g/mol. The van der Waals surface area contributed by atoms with E-state index in [1.807, 2.05) is 0 Å². The highest BCUT2D eigenvalue weighted by molar-refractivity contribution is 7.52. The summed E-state index contributed by atoms with van der Waals surface area (Å²) in [6.07, 6.45) is 1.40. The van der Waals surface area contributed by atoms with Gasteiger partial charge in [0.05, 0.1) is 5.66 Å².